The van der Waals surface area contributed by atoms with Crippen molar-refractivity contribution < 1.29 is 14.3 Å². The number of non-ortho nitro benzene ring substituents is 1. The Kier molecular flexibility index (Phi) is 5.45. The number of anilines is 1. The van der Waals surface area contributed by atoms with E-state index in [1.54, 1.807) is 16.9 Å². The maximum atomic E-state index is 11.3. The average Bonchev–Trinajstić information content (AvgIpc) is 3.40. The molecular weight excluding hydrogens is 416 g/mol. The third-order valence-electron chi connectivity index (χ3n) is 4.51. The van der Waals surface area contributed by atoms with Crippen LogP contribution in [0.4, 0.5) is 17.1 Å². The highest BCUT2D eigenvalue weighted by Gasteiger charge is 2.19. The van der Waals surface area contributed by atoms with Crippen molar-refractivity contribution in [1.29, 1.82) is 0 Å². The number of nitrogens with one attached hydrogen (secondary N) is 1. The lowest BCUT2D eigenvalue weighted by atomic mass is 10.2. The van der Waals surface area contributed by atoms with Crippen LogP contribution in [0.1, 0.15) is 11.3 Å². The van der Waals surface area contributed by atoms with Gasteiger partial charge in [0.1, 0.15) is 17.1 Å². The van der Waals surface area contributed by atoms with Crippen molar-refractivity contribution in [3.05, 3.63) is 98.4 Å². The number of hydrogen-bond acceptors (Lipinski definition) is 8. The van der Waals surface area contributed by atoms with Gasteiger partial charge in [0.05, 0.1) is 27.8 Å². The number of aromatic nitrogens is 2. The maximum absolute atomic E-state index is 11.3. The summed E-state index contributed by atoms with van der Waals surface area (Å²) in [5.74, 6) is 1.26. The molecule has 32 heavy (non-hydrogen) atoms. The SMILES string of the molecule is Cc1ccc(-c2nn(-c3ccccc3)cc2/C=N\Nc2ccc([N+](=O)[O-])cc2[N+](=O)[O-])o1. The molecule has 1 N–H and O–H groups in total. The number of hydrazone groups is 1. The van der Waals surface area contributed by atoms with Crippen molar-refractivity contribution in [3.63, 3.8) is 0 Å². The Bertz CT molecular complexity index is 1330. The Hall–Kier alpha value is -4.80. The summed E-state index contributed by atoms with van der Waals surface area (Å²) in [6.45, 7) is 1.82. The first-order chi connectivity index (χ1) is 15.4. The number of nitro groups is 2. The molecule has 160 valence electrons. The number of hydrogen-bond donors (Lipinski definition) is 1. The van der Waals surface area contributed by atoms with E-state index in [1.807, 2.05) is 43.3 Å². The lowest BCUT2D eigenvalue weighted by Gasteiger charge is -2.01. The van der Waals surface area contributed by atoms with Gasteiger partial charge in [0, 0.05) is 17.8 Å². The zero-order valence-corrected chi connectivity index (χ0v) is 16.7. The molecule has 0 atom stereocenters. The smallest absolute Gasteiger partial charge is 0.301 e. The number of furan rings is 1. The summed E-state index contributed by atoms with van der Waals surface area (Å²) in [5.41, 5.74) is 3.71. The van der Waals surface area contributed by atoms with E-state index in [9.17, 15) is 20.2 Å². The lowest BCUT2D eigenvalue weighted by Crippen LogP contribution is -1.98. The number of nitrogens with zero attached hydrogens (tertiary/aromatic N) is 5. The van der Waals surface area contributed by atoms with Crippen molar-refractivity contribution in [1.82, 2.24) is 9.78 Å². The second-order valence-electron chi connectivity index (χ2n) is 6.71. The average molecular weight is 432 g/mol. The highest BCUT2D eigenvalue weighted by atomic mass is 16.6. The summed E-state index contributed by atoms with van der Waals surface area (Å²) >= 11 is 0. The minimum absolute atomic E-state index is 0.0164. The van der Waals surface area contributed by atoms with Crippen molar-refractivity contribution in [2.75, 3.05) is 5.43 Å². The van der Waals surface area contributed by atoms with Gasteiger partial charge in [-0.05, 0) is 37.3 Å². The molecule has 0 unspecified atom stereocenters. The van der Waals surface area contributed by atoms with Gasteiger partial charge in [0.15, 0.2) is 5.76 Å². The van der Waals surface area contributed by atoms with Crippen molar-refractivity contribution in [3.8, 4) is 17.1 Å². The van der Waals surface area contributed by atoms with Gasteiger partial charge >= 0.3 is 5.69 Å². The van der Waals surface area contributed by atoms with Crippen molar-refractivity contribution in [2.45, 2.75) is 6.92 Å². The van der Waals surface area contributed by atoms with E-state index in [4.69, 9.17) is 4.42 Å². The number of para-hydroxylation sites is 1. The Balaban J connectivity index is 1.67. The minimum atomic E-state index is -0.713. The standard InChI is InChI=1S/C21H16N6O5/c1-14-7-10-20(32-14)21-15(13-25(24-21)16-5-3-2-4-6-16)12-22-23-18-9-8-17(26(28)29)11-19(18)27(30)31/h2-13,23H,1H3/b22-12-. The summed E-state index contributed by atoms with van der Waals surface area (Å²) in [5, 5.41) is 30.9. The van der Waals surface area contributed by atoms with Crippen molar-refractivity contribution in [2.24, 2.45) is 5.10 Å². The molecule has 11 nitrogen and oxygen atoms in total. The molecule has 0 aliphatic rings. The van der Waals surface area contributed by atoms with Crippen LogP contribution in [0.3, 0.4) is 0 Å². The molecule has 0 fully saturated rings. The molecule has 2 aromatic heterocycles. The lowest BCUT2D eigenvalue weighted by molar-refractivity contribution is -0.393. The van der Waals surface area contributed by atoms with E-state index in [1.165, 1.54) is 12.3 Å². The number of aryl methyl sites for hydroxylation is 1. The van der Waals surface area contributed by atoms with E-state index < -0.39 is 15.5 Å². The molecule has 0 saturated carbocycles. The zero-order valence-electron chi connectivity index (χ0n) is 16.7. The topological polar surface area (TPSA) is 142 Å². The second kappa shape index (κ2) is 8.52. The van der Waals surface area contributed by atoms with E-state index in [0.717, 1.165) is 23.6 Å². The Morgan fingerprint density at radius 2 is 1.84 bits per heavy atom. The molecular formula is C21H16N6O5. The summed E-state index contributed by atoms with van der Waals surface area (Å²) in [6.07, 6.45) is 3.20. The van der Waals surface area contributed by atoms with Gasteiger partial charge in [-0.15, -0.1) is 0 Å². The van der Waals surface area contributed by atoms with Crippen LogP contribution in [0.25, 0.3) is 17.1 Å². The molecule has 2 aromatic carbocycles. The molecule has 0 aliphatic heterocycles. The molecule has 0 radical (unpaired) electrons. The van der Waals surface area contributed by atoms with Gasteiger partial charge in [-0.3, -0.25) is 25.7 Å². The summed E-state index contributed by atoms with van der Waals surface area (Å²) in [4.78, 5) is 20.8. The Morgan fingerprint density at radius 1 is 1.06 bits per heavy atom. The highest BCUT2D eigenvalue weighted by Crippen LogP contribution is 2.29. The molecule has 0 bridgehead atoms. The molecule has 2 heterocycles. The maximum Gasteiger partial charge on any atom is 0.301 e. The summed E-state index contributed by atoms with van der Waals surface area (Å²) in [7, 11) is 0. The van der Waals surface area contributed by atoms with Crippen LogP contribution in [0.2, 0.25) is 0 Å². The summed E-state index contributed by atoms with van der Waals surface area (Å²) in [6, 6.07) is 16.3. The zero-order chi connectivity index (χ0) is 22.7. The largest absolute Gasteiger partial charge is 0.460 e. The molecule has 11 heteroatoms. The first-order valence-electron chi connectivity index (χ1n) is 9.36. The monoisotopic (exact) mass is 432 g/mol. The van der Waals surface area contributed by atoms with Crippen LogP contribution in [0.15, 0.2) is 76.4 Å². The normalized spacial score (nSPS) is 11.0. The van der Waals surface area contributed by atoms with Gasteiger partial charge in [-0.2, -0.15) is 10.2 Å². The van der Waals surface area contributed by atoms with Crippen LogP contribution in [0, 0.1) is 27.2 Å². The van der Waals surface area contributed by atoms with Crippen LogP contribution in [0.5, 0.6) is 0 Å². The molecule has 0 aliphatic carbocycles. The van der Waals surface area contributed by atoms with Crippen molar-refractivity contribution >= 4 is 23.3 Å². The van der Waals surface area contributed by atoms with Crippen LogP contribution in [-0.4, -0.2) is 25.8 Å². The molecule has 0 saturated heterocycles. The van der Waals surface area contributed by atoms with Gasteiger partial charge < -0.3 is 4.42 Å². The fraction of sp³-hybridized carbons (Fsp3) is 0.0476. The fourth-order valence-corrected chi connectivity index (χ4v) is 3.00. The third kappa shape index (κ3) is 4.21. The van der Waals surface area contributed by atoms with Gasteiger partial charge in [0.25, 0.3) is 5.69 Å². The fourth-order valence-electron chi connectivity index (χ4n) is 3.00. The second-order valence-corrected chi connectivity index (χ2v) is 6.71. The van der Waals surface area contributed by atoms with Gasteiger partial charge in [-0.1, -0.05) is 18.2 Å². The first kappa shape index (κ1) is 20.5. The van der Waals surface area contributed by atoms with E-state index in [-0.39, 0.29) is 11.4 Å². The van der Waals surface area contributed by atoms with E-state index in [0.29, 0.717) is 17.0 Å². The predicted molar refractivity (Wildman–Crippen MR) is 117 cm³/mol. The van der Waals surface area contributed by atoms with Gasteiger partial charge in [-0.25, -0.2) is 4.68 Å². The molecule has 0 spiro atoms. The Morgan fingerprint density at radius 3 is 2.50 bits per heavy atom. The van der Waals surface area contributed by atoms with E-state index in [2.05, 4.69) is 15.6 Å². The van der Waals surface area contributed by atoms with Crippen LogP contribution >= 0.6 is 0 Å². The number of rotatable bonds is 7. The number of nitro benzene ring substituents is 2. The predicted octanol–water partition coefficient (Wildman–Crippen LogP) is 4.70. The highest BCUT2D eigenvalue weighted by molar-refractivity contribution is 5.88. The molecule has 4 aromatic rings. The molecule has 0 amide bonds. The first-order valence-corrected chi connectivity index (χ1v) is 9.36. The minimum Gasteiger partial charge on any atom is -0.460 e. The number of benzene rings is 2. The van der Waals surface area contributed by atoms with Crippen LogP contribution < -0.4 is 5.43 Å². The third-order valence-corrected chi connectivity index (χ3v) is 4.51. The van der Waals surface area contributed by atoms with Crippen LogP contribution in [-0.2, 0) is 0 Å². The Labute approximate surface area is 180 Å². The quantitative estimate of drug-likeness (QED) is 0.253. The van der Waals surface area contributed by atoms with Gasteiger partial charge in [0.2, 0.25) is 0 Å². The molecule has 4 rings (SSSR count). The summed E-state index contributed by atoms with van der Waals surface area (Å²) < 4.78 is 7.37. The van der Waals surface area contributed by atoms with E-state index >= 15 is 0 Å².